The lowest BCUT2D eigenvalue weighted by atomic mass is 9.63. The molecule has 1 N–H and O–H groups in total. The van der Waals surface area contributed by atoms with Gasteiger partial charge in [-0.25, -0.2) is 0 Å². The van der Waals surface area contributed by atoms with Gasteiger partial charge in [0.05, 0.1) is 16.9 Å². The lowest BCUT2D eigenvalue weighted by Crippen LogP contribution is -2.40. The van der Waals surface area contributed by atoms with Gasteiger partial charge in [-0.1, -0.05) is 35.9 Å². The molecule has 6 atom stereocenters. The zero-order chi connectivity index (χ0) is 22.0. The van der Waals surface area contributed by atoms with Gasteiger partial charge in [0, 0.05) is 5.69 Å². The fourth-order valence-electron chi connectivity index (χ4n) is 5.78. The lowest BCUT2D eigenvalue weighted by molar-refractivity contribution is -0.142. The van der Waals surface area contributed by atoms with E-state index in [0.717, 1.165) is 11.3 Å². The molecule has 0 radical (unpaired) electrons. The standard InChI is InChI=1S/C25H21ClN2O4/c26-19-3-1-2-4-20(19)32-14-7-5-13(6-8-14)27-21(29)12-28-24(30)22-15-9-10-16(18-11-17(15)18)23(22)25(28)31/h1-10,15-18,22-23H,11-12H2,(H,27,29)/t15-,16-,17-,18-,22-,23+/m0/s1. The fraction of sp³-hybridized carbons (Fsp3) is 0.320. The Hall–Kier alpha value is -3.12. The molecule has 7 rings (SSSR count). The first-order valence-electron chi connectivity index (χ1n) is 10.9. The van der Waals surface area contributed by atoms with Crippen LogP contribution in [0.1, 0.15) is 6.42 Å². The number of halogens is 1. The molecule has 2 bridgehead atoms. The molecule has 162 valence electrons. The van der Waals surface area contributed by atoms with E-state index >= 15 is 0 Å². The van der Waals surface area contributed by atoms with Crippen molar-refractivity contribution >= 4 is 35.0 Å². The topological polar surface area (TPSA) is 75.7 Å². The van der Waals surface area contributed by atoms with Crippen LogP contribution in [0.3, 0.4) is 0 Å². The second-order valence-electron chi connectivity index (χ2n) is 9.02. The second-order valence-corrected chi connectivity index (χ2v) is 9.43. The van der Waals surface area contributed by atoms with E-state index in [9.17, 15) is 14.4 Å². The summed E-state index contributed by atoms with van der Waals surface area (Å²) in [5.41, 5.74) is 0.556. The predicted molar refractivity (Wildman–Crippen MR) is 118 cm³/mol. The molecule has 2 aromatic carbocycles. The summed E-state index contributed by atoms with van der Waals surface area (Å²) in [6, 6.07) is 14.0. The molecule has 1 aliphatic heterocycles. The summed E-state index contributed by atoms with van der Waals surface area (Å²) in [7, 11) is 0. The highest BCUT2D eigenvalue weighted by atomic mass is 35.5. The van der Waals surface area contributed by atoms with E-state index in [-0.39, 0.29) is 42.0 Å². The Morgan fingerprint density at radius 3 is 2.22 bits per heavy atom. The molecule has 0 unspecified atom stereocenters. The highest BCUT2D eigenvalue weighted by molar-refractivity contribution is 6.32. The van der Waals surface area contributed by atoms with Gasteiger partial charge in [-0.2, -0.15) is 0 Å². The van der Waals surface area contributed by atoms with Crippen molar-refractivity contribution in [1.29, 1.82) is 0 Å². The van der Waals surface area contributed by atoms with Crippen LogP contribution in [0, 0.1) is 35.5 Å². The van der Waals surface area contributed by atoms with Crippen LogP contribution in [0.4, 0.5) is 5.69 Å². The van der Waals surface area contributed by atoms with Crippen molar-refractivity contribution < 1.29 is 19.1 Å². The Morgan fingerprint density at radius 2 is 1.59 bits per heavy atom. The number of nitrogens with zero attached hydrogens (tertiary/aromatic N) is 1. The van der Waals surface area contributed by atoms with Gasteiger partial charge in [0.2, 0.25) is 17.7 Å². The molecule has 1 heterocycles. The Balaban J connectivity index is 1.10. The average molecular weight is 449 g/mol. The van der Waals surface area contributed by atoms with Crippen LogP contribution >= 0.6 is 11.6 Å². The Morgan fingerprint density at radius 1 is 0.969 bits per heavy atom. The molecule has 2 aromatic rings. The van der Waals surface area contributed by atoms with Crippen LogP contribution < -0.4 is 10.1 Å². The maximum absolute atomic E-state index is 13.0. The number of anilines is 1. The second kappa shape index (κ2) is 7.20. The zero-order valence-corrected chi connectivity index (χ0v) is 17.9. The van der Waals surface area contributed by atoms with E-state index in [2.05, 4.69) is 17.5 Å². The smallest absolute Gasteiger partial charge is 0.244 e. The fourth-order valence-corrected chi connectivity index (χ4v) is 5.95. The summed E-state index contributed by atoms with van der Waals surface area (Å²) in [5, 5.41) is 3.27. The Bertz CT molecular complexity index is 1120. The van der Waals surface area contributed by atoms with Gasteiger partial charge in [-0.05, 0) is 66.5 Å². The van der Waals surface area contributed by atoms with E-state index < -0.39 is 5.91 Å². The molecule has 4 aliphatic carbocycles. The van der Waals surface area contributed by atoms with Crippen molar-refractivity contribution in [2.45, 2.75) is 6.42 Å². The first kappa shape index (κ1) is 19.6. The van der Waals surface area contributed by atoms with Gasteiger partial charge >= 0.3 is 0 Å². The van der Waals surface area contributed by atoms with E-state index in [1.165, 1.54) is 0 Å². The number of hydrogen-bond donors (Lipinski definition) is 1. The highest BCUT2D eigenvalue weighted by Crippen LogP contribution is 2.65. The third kappa shape index (κ3) is 3.05. The predicted octanol–water partition coefficient (Wildman–Crippen LogP) is 4.12. The number of carbonyl (C=O) groups is 3. The lowest BCUT2D eigenvalue weighted by Gasteiger charge is -2.37. The maximum Gasteiger partial charge on any atom is 0.244 e. The molecular weight excluding hydrogens is 428 g/mol. The summed E-state index contributed by atoms with van der Waals surface area (Å²) < 4.78 is 5.75. The summed E-state index contributed by atoms with van der Waals surface area (Å²) in [6.07, 6.45) is 5.37. The van der Waals surface area contributed by atoms with Crippen molar-refractivity contribution in [3.63, 3.8) is 0 Å². The number of amides is 3. The summed E-state index contributed by atoms with van der Waals surface area (Å²) in [4.78, 5) is 39.8. The van der Waals surface area contributed by atoms with Crippen LogP contribution in [0.15, 0.2) is 60.7 Å². The number of imide groups is 1. The van der Waals surface area contributed by atoms with Crippen molar-refractivity contribution in [1.82, 2.24) is 4.90 Å². The maximum atomic E-state index is 13.0. The van der Waals surface area contributed by atoms with Crippen molar-refractivity contribution in [2.75, 3.05) is 11.9 Å². The first-order chi connectivity index (χ1) is 15.5. The summed E-state index contributed by atoms with van der Waals surface area (Å²) in [6.45, 7) is -0.253. The minimum Gasteiger partial charge on any atom is -0.456 e. The molecule has 5 aliphatic rings. The first-order valence-corrected chi connectivity index (χ1v) is 11.2. The van der Waals surface area contributed by atoms with Crippen molar-refractivity contribution in [2.24, 2.45) is 35.5 Å². The quantitative estimate of drug-likeness (QED) is 0.551. The number of likely N-dealkylation sites (tertiary alicyclic amines) is 1. The Labute approximate surface area is 190 Å². The minimum atomic E-state index is -0.393. The van der Waals surface area contributed by atoms with E-state index in [4.69, 9.17) is 16.3 Å². The largest absolute Gasteiger partial charge is 0.456 e. The highest BCUT2D eigenvalue weighted by Gasteiger charge is 2.67. The normalized spacial score (nSPS) is 31.3. The molecule has 2 saturated carbocycles. The summed E-state index contributed by atoms with van der Waals surface area (Å²) >= 11 is 6.11. The number of benzene rings is 2. The van der Waals surface area contributed by atoms with Crippen LogP contribution in [0.25, 0.3) is 0 Å². The van der Waals surface area contributed by atoms with Gasteiger partial charge in [-0.3, -0.25) is 19.3 Å². The van der Waals surface area contributed by atoms with Gasteiger partial charge in [0.15, 0.2) is 0 Å². The van der Waals surface area contributed by atoms with Crippen LogP contribution in [0.5, 0.6) is 11.5 Å². The van der Waals surface area contributed by atoms with Gasteiger partial charge < -0.3 is 10.1 Å². The van der Waals surface area contributed by atoms with Crippen molar-refractivity contribution in [3.8, 4) is 11.5 Å². The molecule has 0 aromatic heterocycles. The van der Waals surface area contributed by atoms with Gasteiger partial charge in [0.1, 0.15) is 18.0 Å². The van der Waals surface area contributed by atoms with Crippen LogP contribution in [-0.2, 0) is 14.4 Å². The molecule has 3 amide bonds. The molecule has 3 fully saturated rings. The number of nitrogens with one attached hydrogen (secondary N) is 1. The molecule has 32 heavy (non-hydrogen) atoms. The zero-order valence-electron chi connectivity index (χ0n) is 17.1. The van der Waals surface area contributed by atoms with E-state index in [1.54, 1.807) is 36.4 Å². The third-order valence-electron chi connectivity index (χ3n) is 7.26. The third-order valence-corrected chi connectivity index (χ3v) is 7.57. The number of hydrogen-bond acceptors (Lipinski definition) is 4. The SMILES string of the molecule is O=C(CN1C(=O)[C@@H]2[C@H]3C=C[C@@H]([C@@H]4C[C@@H]34)[C@@H]2C1=O)Nc1ccc(Oc2ccccc2Cl)cc1. The molecule has 1 saturated heterocycles. The number of rotatable bonds is 5. The summed E-state index contributed by atoms with van der Waals surface area (Å²) in [5.74, 6) is 1.18. The molecular formula is C25H21ClN2O4. The van der Waals surface area contributed by atoms with Gasteiger partial charge in [0.25, 0.3) is 0 Å². The van der Waals surface area contributed by atoms with E-state index in [1.807, 2.05) is 12.1 Å². The van der Waals surface area contributed by atoms with Crippen LogP contribution in [-0.4, -0.2) is 29.2 Å². The average Bonchev–Trinajstić information content (AvgIpc) is 3.58. The monoisotopic (exact) mass is 448 g/mol. The number of allylic oxidation sites excluding steroid dienone is 2. The van der Waals surface area contributed by atoms with E-state index in [0.29, 0.717) is 34.0 Å². The number of ether oxygens (including phenoxy) is 1. The number of para-hydroxylation sites is 1. The molecule has 6 nitrogen and oxygen atoms in total. The number of carbonyl (C=O) groups excluding carboxylic acids is 3. The molecule has 0 spiro atoms. The van der Waals surface area contributed by atoms with Gasteiger partial charge in [-0.15, -0.1) is 0 Å². The Kier molecular flexibility index (Phi) is 4.40. The van der Waals surface area contributed by atoms with Crippen molar-refractivity contribution in [3.05, 3.63) is 65.7 Å². The van der Waals surface area contributed by atoms with Crippen LogP contribution in [0.2, 0.25) is 5.02 Å². The molecule has 7 heteroatoms. The minimum absolute atomic E-state index is 0.158.